The molecule has 1 N–H and O–H groups in total. The van der Waals surface area contributed by atoms with Gasteiger partial charge in [-0.15, -0.1) is 0 Å². The SMILES string of the molecule is O=C(O)Cc1cccc(N2CCC(c3ccccc3)CC2)c1. The van der Waals surface area contributed by atoms with Crippen molar-refractivity contribution in [1.29, 1.82) is 0 Å². The molecule has 1 saturated heterocycles. The number of hydrogen-bond acceptors (Lipinski definition) is 2. The number of piperidine rings is 1. The molecule has 0 aromatic heterocycles. The largest absolute Gasteiger partial charge is 0.481 e. The Hall–Kier alpha value is -2.29. The summed E-state index contributed by atoms with van der Waals surface area (Å²) in [5.74, 6) is -0.139. The van der Waals surface area contributed by atoms with Crippen molar-refractivity contribution in [2.45, 2.75) is 25.2 Å². The highest BCUT2D eigenvalue weighted by Crippen LogP contribution is 2.30. The molecule has 0 saturated carbocycles. The van der Waals surface area contributed by atoms with Crippen molar-refractivity contribution in [2.24, 2.45) is 0 Å². The average molecular weight is 295 g/mol. The van der Waals surface area contributed by atoms with Crippen LogP contribution in [0.1, 0.15) is 29.9 Å². The lowest BCUT2D eigenvalue weighted by atomic mass is 9.89. The number of benzene rings is 2. The molecule has 0 aliphatic carbocycles. The summed E-state index contributed by atoms with van der Waals surface area (Å²) in [6.07, 6.45) is 2.38. The minimum absolute atomic E-state index is 0.0916. The van der Waals surface area contributed by atoms with Crippen LogP contribution in [0.15, 0.2) is 54.6 Å². The molecule has 22 heavy (non-hydrogen) atoms. The number of rotatable bonds is 4. The van der Waals surface area contributed by atoms with Gasteiger partial charge in [0.2, 0.25) is 0 Å². The number of carboxylic acid groups (broad SMARTS) is 1. The summed E-state index contributed by atoms with van der Waals surface area (Å²) in [7, 11) is 0. The van der Waals surface area contributed by atoms with Crippen molar-refractivity contribution in [3.8, 4) is 0 Å². The van der Waals surface area contributed by atoms with Gasteiger partial charge in [0.25, 0.3) is 0 Å². The first kappa shape index (κ1) is 14.6. The topological polar surface area (TPSA) is 40.5 Å². The van der Waals surface area contributed by atoms with Crippen LogP contribution in [0.25, 0.3) is 0 Å². The molecule has 2 aromatic carbocycles. The molecule has 1 fully saturated rings. The van der Waals surface area contributed by atoms with Crippen LogP contribution in [0.3, 0.4) is 0 Å². The van der Waals surface area contributed by atoms with E-state index in [1.54, 1.807) is 0 Å². The second kappa shape index (κ2) is 6.65. The third-order valence-electron chi connectivity index (χ3n) is 4.40. The lowest BCUT2D eigenvalue weighted by Gasteiger charge is -2.34. The molecule has 0 unspecified atom stereocenters. The maximum atomic E-state index is 10.8. The third-order valence-corrected chi connectivity index (χ3v) is 4.40. The second-order valence-electron chi connectivity index (χ2n) is 5.91. The van der Waals surface area contributed by atoms with Gasteiger partial charge in [-0.1, -0.05) is 42.5 Å². The highest BCUT2D eigenvalue weighted by atomic mass is 16.4. The van der Waals surface area contributed by atoms with E-state index in [0.717, 1.165) is 37.2 Å². The quantitative estimate of drug-likeness (QED) is 0.935. The maximum Gasteiger partial charge on any atom is 0.307 e. The summed E-state index contributed by atoms with van der Waals surface area (Å²) in [4.78, 5) is 13.2. The molecular formula is C19H21NO2. The molecule has 1 heterocycles. The van der Waals surface area contributed by atoms with Crippen molar-refractivity contribution in [1.82, 2.24) is 0 Å². The minimum atomic E-state index is -0.778. The maximum absolute atomic E-state index is 10.8. The number of anilines is 1. The smallest absolute Gasteiger partial charge is 0.307 e. The van der Waals surface area contributed by atoms with E-state index < -0.39 is 5.97 Å². The standard InChI is InChI=1S/C19H21NO2/c21-19(22)14-15-5-4-8-18(13-15)20-11-9-17(10-12-20)16-6-2-1-3-7-16/h1-8,13,17H,9-12,14H2,(H,21,22). The van der Waals surface area contributed by atoms with Crippen LogP contribution in [-0.4, -0.2) is 24.2 Å². The fourth-order valence-corrected chi connectivity index (χ4v) is 3.23. The van der Waals surface area contributed by atoms with E-state index in [1.165, 1.54) is 5.56 Å². The second-order valence-corrected chi connectivity index (χ2v) is 5.91. The molecule has 3 heteroatoms. The predicted molar refractivity (Wildman–Crippen MR) is 88.4 cm³/mol. The number of hydrogen-bond donors (Lipinski definition) is 1. The van der Waals surface area contributed by atoms with Crippen LogP contribution in [-0.2, 0) is 11.2 Å². The van der Waals surface area contributed by atoms with Crippen molar-refractivity contribution in [3.63, 3.8) is 0 Å². The molecule has 0 amide bonds. The lowest BCUT2D eigenvalue weighted by Crippen LogP contribution is -2.32. The van der Waals surface area contributed by atoms with Gasteiger partial charge in [0.05, 0.1) is 6.42 Å². The van der Waals surface area contributed by atoms with Crippen molar-refractivity contribution < 1.29 is 9.90 Å². The summed E-state index contributed by atoms with van der Waals surface area (Å²) >= 11 is 0. The monoisotopic (exact) mass is 295 g/mol. The Morgan fingerprint density at radius 3 is 2.45 bits per heavy atom. The predicted octanol–water partition coefficient (Wildman–Crippen LogP) is 3.70. The van der Waals surface area contributed by atoms with Gasteiger partial charge in [-0.2, -0.15) is 0 Å². The van der Waals surface area contributed by atoms with E-state index in [0.29, 0.717) is 5.92 Å². The van der Waals surface area contributed by atoms with E-state index in [4.69, 9.17) is 5.11 Å². The molecule has 2 aromatic rings. The molecule has 0 radical (unpaired) electrons. The fourth-order valence-electron chi connectivity index (χ4n) is 3.23. The zero-order valence-electron chi connectivity index (χ0n) is 12.6. The zero-order chi connectivity index (χ0) is 15.4. The van der Waals surface area contributed by atoms with E-state index in [9.17, 15) is 4.79 Å². The van der Waals surface area contributed by atoms with Crippen LogP contribution < -0.4 is 4.90 Å². The van der Waals surface area contributed by atoms with Crippen LogP contribution in [0.5, 0.6) is 0 Å². The molecule has 0 bridgehead atoms. The number of nitrogens with zero attached hydrogens (tertiary/aromatic N) is 1. The molecule has 3 nitrogen and oxygen atoms in total. The Balaban J connectivity index is 1.65. The Morgan fingerprint density at radius 2 is 1.77 bits per heavy atom. The Bertz CT molecular complexity index is 631. The van der Waals surface area contributed by atoms with Gasteiger partial charge in [0, 0.05) is 18.8 Å². The number of carboxylic acids is 1. The normalized spacial score (nSPS) is 15.7. The van der Waals surface area contributed by atoms with Crippen LogP contribution in [0.4, 0.5) is 5.69 Å². The van der Waals surface area contributed by atoms with Crippen molar-refractivity contribution in [3.05, 3.63) is 65.7 Å². The average Bonchev–Trinajstić information content (AvgIpc) is 2.55. The minimum Gasteiger partial charge on any atom is -0.481 e. The summed E-state index contributed by atoms with van der Waals surface area (Å²) < 4.78 is 0. The molecular weight excluding hydrogens is 274 g/mol. The van der Waals surface area contributed by atoms with Crippen molar-refractivity contribution >= 4 is 11.7 Å². The molecule has 114 valence electrons. The van der Waals surface area contributed by atoms with Crippen molar-refractivity contribution in [2.75, 3.05) is 18.0 Å². The first-order valence-corrected chi connectivity index (χ1v) is 7.83. The van der Waals surface area contributed by atoms with Gasteiger partial charge < -0.3 is 10.0 Å². The zero-order valence-corrected chi connectivity index (χ0v) is 12.6. The highest BCUT2D eigenvalue weighted by molar-refractivity contribution is 5.70. The van der Waals surface area contributed by atoms with Gasteiger partial charge in [0.1, 0.15) is 0 Å². The molecule has 1 aliphatic rings. The third kappa shape index (κ3) is 3.48. The van der Waals surface area contributed by atoms with E-state index in [1.807, 2.05) is 18.2 Å². The molecule has 1 aliphatic heterocycles. The Labute approximate surface area is 131 Å². The van der Waals surface area contributed by atoms with Crippen LogP contribution >= 0.6 is 0 Å². The van der Waals surface area contributed by atoms with Gasteiger partial charge in [-0.25, -0.2) is 0 Å². The van der Waals surface area contributed by atoms with Crippen LogP contribution in [0.2, 0.25) is 0 Å². The Morgan fingerprint density at radius 1 is 1.05 bits per heavy atom. The lowest BCUT2D eigenvalue weighted by molar-refractivity contribution is -0.136. The van der Waals surface area contributed by atoms with Gasteiger partial charge >= 0.3 is 5.97 Å². The molecule has 0 spiro atoms. The number of carbonyl (C=O) groups is 1. The Kier molecular flexibility index (Phi) is 4.42. The first-order valence-electron chi connectivity index (χ1n) is 7.83. The number of aliphatic carboxylic acids is 1. The van der Waals surface area contributed by atoms with Gasteiger partial charge in [0.15, 0.2) is 0 Å². The summed E-state index contributed by atoms with van der Waals surface area (Å²) in [6.45, 7) is 2.05. The van der Waals surface area contributed by atoms with E-state index >= 15 is 0 Å². The summed E-state index contributed by atoms with van der Waals surface area (Å²) in [5.41, 5.74) is 3.45. The first-order chi connectivity index (χ1) is 10.7. The molecule has 0 atom stereocenters. The van der Waals surface area contributed by atoms with Gasteiger partial charge in [-0.05, 0) is 42.0 Å². The molecule has 3 rings (SSSR count). The summed E-state index contributed by atoms with van der Waals surface area (Å²) in [6, 6.07) is 18.6. The van der Waals surface area contributed by atoms with E-state index in [-0.39, 0.29) is 6.42 Å². The van der Waals surface area contributed by atoms with Gasteiger partial charge in [-0.3, -0.25) is 4.79 Å². The fraction of sp³-hybridized carbons (Fsp3) is 0.316. The van der Waals surface area contributed by atoms with E-state index in [2.05, 4.69) is 41.3 Å². The summed E-state index contributed by atoms with van der Waals surface area (Å²) in [5, 5.41) is 8.92. The highest BCUT2D eigenvalue weighted by Gasteiger charge is 2.20. The van der Waals surface area contributed by atoms with Crippen LogP contribution in [0, 0.1) is 0 Å².